The fourth-order valence-electron chi connectivity index (χ4n) is 2.45. The van der Waals surface area contributed by atoms with Gasteiger partial charge in [-0.05, 0) is 37.9 Å². The molecule has 0 saturated carbocycles. The fourth-order valence-corrected chi connectivity index (χ4v) is 2.45. The Bertz CT molecular complexity index is 452. The third-order valence-electron chi connectivity index (χ3n) is 3.70. The van der Waals surface area contributed by atoms with Crippen LogP contribution in [-0.4, -0.2) is 48.2 Å². The quantitative estimate of drug-likeness (QED) is 0.558. The van der Waals surface area contributed by atoms with Gasteiger partial charge in [0, 0.05) is 25.3 Å². The largest absolute Gasteiger partial charge is 0.398 e. The number of anilines is 1. The molecule has 7 heteroatoms. The minimum Gasteiger partial charge on any atom is -0.398 e. The molecule has 5 nitrogen and oxygen atoms in total. The summed E-state index contributed by atoms with van der Waals surface area (Å²) in [5.74, 6) is -0.114. The SMILES string of the molecule is Cl.Cl.Nc1ccccc1C(=O)NCCCN1CCC(O)CC1. The molecule has 126 valence electrons. The highest BCUT2D eigenvalue weighted by Gasteiger charge is 2.16. The highest BCUT2D eigenvalue weighted by molar-refractivity contribution is 5.99. The molecule has 2 rings (SSSR count). The Labute approximate surface area is 144 Å². The number of likely N-dealkylation sites (tertiary alicyclic amines) is 1. The summed E-state index contributed by atoms with van der Waals surface area (Å²) < 4.78 is 0. The molecule has 1 aliphatic rings. The van der Waals surface area contributed by atoms with Crippen LogP contribution in [0.4, 0.5) is 5.69 Å². The highest BCUT2D eigenvalue weighted by Crippen LogP contribution is 2.11. The van der Waals surface area contributed by atoms with Crippen molar-refractivity contribution in [1.29, 1.82) is 0 Å². The number of aliphatic hydroxyl groups excluding tert-OH is 1. The number of benzene rings is 1. The first-order valence-electron chi connectivity index (χ1n) is 7.20. The lowest BCUT2D eigenvalue weighted by Gasteiger charge is -2.29. The molecule has 1 aromatic rings. The summed E-state index contributed by atoms with van der Waals surface area (Å²) in [6, 6.07) is 7.09. The van der Waals surface area contributed by atoms with E-state index < -0.39 is 0 Å². The van der Waals surface area contributed by atoms with Gasteiger partial charge >= 0.3 is 0 Å². The Balaban J connectivity index is 0.00000220. The van der Waals surface area contributed by atoms with Crippen LogP contribution in [0.3, 0.4) is 0 Å². The predicted octanol–water partition coefficient (Wildman–Crippen LogP) is 1.69. The summed E-state index contributed by atoms with van der Waals surface area (Å²) in [6.45, 7) is 3.49. The van der Waals surface area contributed by atoms with Crippen molar-refractivity contribution in [2.24, 2.45) is 0 Å². The molecule has 0 aromatic heterocycles. The average Bonchev–Trinajstić information content (AvgIpc) is 2.46. The molecule has 0 atom stereocenters. The normalized spacial score (nSPS) is 15.5. The van der Waals surface area contributed by atoms with Gasteiger partial charge in [-0.25, -0.2) is 0 Å². The Morgan fingerprint density at radius 3 is 2.55 bits per heavy atom. The monoisotopic (exact) mass is 349 g/mol. The smallest absolute Gasteiger partial charge is 0.253 e. The molecule has 0 bridgehead atoms. The van der Waals surface area contributed by atoms with Crippen LogP contribution in [0.2, 0.25) is 0 Å². The van der Waals surface area contributed by atoms with Gasteiger partial charge in [0.05, 0.1) is 11.7 Å². The number of piperidine rings is 1. The molecule has 0 unspecified atom stereocenters. The number of halogens is 2. The van der Waals surface area contributed by atoms with E-state index in [-0.39, 0.29) is 36.8 Å². The molecule has 1 aliphatic heterocycles. The number of carbonyl (C=O) groups excluding carboxylic acids is 1. The zero-order chi connectivity index (χ0) is 14.4. The maximum Gasteiger partial charge on any atom is 0.253 e. The average molecular weight is 350 g/mol. The summed E-state index contributed by atoms with van der Waals surface area (Å²) in [5.41, 5.74) is 6.81. The summed E-state index contributed by atoms with van der Waals surface area (Å²) in [6.07, 6.45) is 2.49. The van der Waals surface area contributed by atoms with Crippen LogP contribution in [0, 0.1) is 0 Å². The molecule has 22 heavy (non-hydrogen) atoms. The number of nitrogen functional groups attached to an aromatic ring is 1. The lowest BCUT2D eigenvalue weighted by Crippen LogP contribution is -2.37. The van der Waals surface area contributed by atoms with Crippen molar-refractivity contribution in [1.82, 2.24) is 10.2 Å². The van der Waals surface area contributed by atoms with Crippen molar-refractivity contribution in [2.45, 2.75) is 25.4 Å². The van der Waals surface area contributed by atoms with E-state index in [2.05, 4.69) is 10.2 Å². The molecule has 1 amide bonds. The van der Waals surface area contributed by atoms with Crippen LogP contribution >= 0.6 is 24.8 Å². The Hall–Kier alpha value is -1.01. The van der Waals surface area contributed by atoms with Gasteiger partial charge in [-0.3, -0.25) is 4.79 Å². The van der Waals surface area contributed by atoms with E-state index >= 15 is 0 Å². The first kappa shape index (κ1) is 21.0. The predicted molar refractivity (Wildman–Crippen MR) is 94.0 cm³/mol. The second kappa shape index (κ2) is 10.7. The standard InChI is InChI=1S/C15H23N3O2.2ClH/c16-14-5-2-1-4-13(14)15(20)17-8-3-9-18-10-6-12(19)7-11-18;;/h1-2,4-5,12,19H,3,6-11,16H2,(H,17,20);2*1H. The molecular weight excluding hydrogens is 325 g/mol. The number of nitrogens with zero attached hydrogens (tertiary/aromatic N) is 1. The van der Waals surface area contributed by atoms with Crippen molar-refractivity contribution in [2.75, 3.05) is 31.9 Å². The number of nitrogens with one attached hydrogen (secondary N) is 1. The van der Waals surface area contributed by atoms with Crippen LogP contribution < -0.4 is 11.1 Å². The van der Waals surface area contributed by atoms with E-state index in [0.29, 0.717) is 17.8 Å². The van der Waals surface area contributed by atoms with Crippen molar-refractivity contribution in [3.63, 3.8) is 0 Å². The van der Waals surface area contributed by atoms with E-state index in [9.17, 15) is 9.90 Å². The number of aliphatic hydroxyl groups is 1. The lowest BCUT2D eigenvalue weighted by molar-refractivity contribution is 0.0816. The van der Waals surface area contributed by atoms with Crippen molar-refractivity contribution in [3.05, 3.63) is 29.8 Å². The third kappa shape index (κ3) is 6.40. The van der Waals surface area contributed by atoms with Crippen molar-refractivity contribution < 1.29 is 9.90 Å². The molecule has 1 fully saturated rings. The third-order valence-corrected chi connectivity index (χ3v) is 3.70. The minimum atomic E-state index is -0.132. The fraction of sp³-hybridized carbons (Fsp3) is 0.533. The van der Waals surface area contributed by atoms with Crippen molar-refractivity contribution >= 4 is 36.4 Å². The van der Waals surface area contributed by atoms with Gasteiger partial charge in [-0.15, -0.1) is 24.8 Å². The molecule has 4 N–H and O–H groups in total. The highest BCUT2D eigenvalue weighted by atomic mass is 35.5. The Kier molecular flexibility index (Phi) is 10.2. The number of carbonyl (C=O) groups is 1. The van der Waals surface area contributed by atoms with Gasteiger partial charge < -0.3 is 21.1 Å². The minimum absolute atomic E-state index is 0. The number of rotatable bonds is 5. The topological polar surface area (TPSA) is 78.6 Å². The van der Waals surface area contributed by atoms with E-state index in [1.807, 2.05) is 12.1 Å². The number of hydrogen-bond donors (Lipinski definition) is 3. The van der Waals surface area contributed by atoms with Gasteiger partial charge in [0.15, 0.2) is 0 Å². The van der Waals surface area contributed by atoms with Crippen LogP contribution in [0.25, 0.3) is 0 Å². The summed E-state index contributed by atoms with van der Waals surface area (Å²) >= 11 is 0. The maximum absolute atomic E-state index is 11.9. The van der Waals surface area contributed by atoms with E-state index in [0.717, 1.165) is 38.9 Å². The zero-order valence-corrected chi connectivity index (χ0v) is 14.2. The summed E-state index contributed by atoms with van der Waals surface area (Å²) in [4.78, 5) is 14.3. The summed E-state index contributed by atoms with van der Waals surface area (Å²) in [5, 5.41) is 12.3. The molecule has 1 saturated heterocycles. The molecule has 1 heterocycles. The summed E-state index contributed by atoms with van der Waals surface area (Å²) in [7, 11) is 0. The number of para-hydroxylation sites is 1. The molecule has 1 aromatic carbocycles. The maximum atomic E-state index is 11.9. The Morgan fingerprint density at radius 2 is 1.91 bits per heavy atom. The lowest BCUT2D eigenvalue weighted by atomic mass is 10.1. The van der Waals surface area contributed by atoms with Crippen LogP contribution in [-0.2, 0) is 0 Å². The van der Waals surface area contributed by atoms with Gasteiger partial charge in [0.25, 0.3) is 5.91 Å². The number of amides is 1. The zero-order valence-electron chi connectivity index (χ0n) is 12.5. The van der Waals surface area contributed by atoms with Gasteiger partial charge in [-0.2, -0.15) is 0 Å². The first-order chi connectivity index (χ1) is 9.66. The van der Waals surface area contributed by atoms with Gasteiger partial charge in [0.1, 0.15) is 0 Å². The van der Waals surface area contributed by atoms with E-state index in [1.54, 1.807) is 12.1 Å². The second-order valence-electron chi connectivity index (χ2n) is 5.27. The van der Waals surface area contributed by atoms with Gasteiger partial charge in [0.2, 0.25) is 0 Å². The molecule has 0 spiro atoms. The van der Waals surface area contributed by atoms with Crippen LogP contribution in [0.1, 0.15) is 29.6 Å². The van der Waals surface area contributed by atoms with E-state index in [4.69, 9.17) is 5.73 Å². The molecular formula is C15H25Cl2N3O2. The molecule has 0 aliphatic carbocycles. The first-order valence-corrected chi connectivity index (χ1v) is 7.20. The van der Waals surface area contributed by atoms with Crippen LogP contribution in [0.5, 0.6) is 0 Å². The van der Waals surface area contributed by atoms with Crippen molar-refractivity contribution in [3.8, 4) is 0 Å². The van der Waals surface area contributed by atoms with Gasteiger partial charge in [-0.1, -0.05) is 12.1 Å². The second-order valence-corrected chi connectivity index (χ2v) is 5.27. The van der Waals surface area contributed by atoms with E-state index in [1.165, 1.54) is 0 Å². The van der Waals surface area contributed by atoms with Crippen LogP contribution in [0.15, 0.2) is 24.3 Å². The number of hydrogen-bond acceptors (Lipinski definition) is 4. The molecule has 0 radical (unpaired) electrons. The number of nitrogens with two attached hydrogens (primary N) is 1. The Morgan fingerprint density at radius 1 is 1.27 bits per heavy atom.